The largest absolute Gasteiger partial charge is 0.462 e. The summed E-state index contributed by atoms with van der Waals surface area (Å²) in [5, 5.41) is 40.0. The molecule has 0 saturated carbocycles. The van der Waals surface area contributed by atoms with Crippen molar-refractivity contribution in [2.75, 3.05) is 19.8 Å². The van der Waals surface area contributed by atoms with Gasteiger partial charge in [-0.05, 0) is 38.5 Å². The van der Waals surface area contributed by atoms with Crippen molar-refractivity contribution in [1.82, 2.24) is 0 Å². The van der Waals surface area contributed by atoms with Gasteiger partial charge in [0.2, 0.25) is 0 Å². The van der Waals surface area contributed by atoms with Gasteiger partial charge in [-0.15, -0.1) is 0 Å². The lowest BCUT2D eigenvalue weighted by Gasteiger charge is -2.39. The van der Waals surface area contributed by atoms with Crippen molar-refractivity contribution in [1.29, 1.82) is 0 Å². The van der Waals surface area contributed by atoms with E-state index < -0.39 is 49.4 Å². The average molecular weight is 743 g/mol. The van der Waals surface area contributed by atoms with Crippen LogP contribution >= 0.6 is 0 Å². The fourth-order valence-electron chi connectivity index (χ4n) is 6.48. The third-order valence-corrected chi connectivity index (χ3v) is 9.90. The van der Waals surface area contributed by atoms with E-state index >= 15 is 0 Å². The Hall–Kier alpha value is -1.56. The van der Waals surface area contributed by atoms with Crippen LogP contribution in [0.15, 0.2) is 12.2 Å². The van der Waals surface area contributed by atoms with Gasteiger partial charge in [-0.1, -0.05) is 148 Å². The summed E-state index contributed by atoms with van der Waals surface area (Å²) in [5.74, 6) is -0.818. The van der Waals surface area contributed by atoms with Gasteiger partial charge < -0.3 is 39.4 Å². The molecule has 4 N–H and O–H groups in total. The van der Waals surface area contributed by atoms with Crippen molar-refractivity contribution >= 4 is 11.9 Å². The lowest BCUT2D eigenvalue weighted by molar-refractivity contribution is -0.305. The van der Waals surface area contributed by atoms with E-state index in [1.54, 1.807) is 0 Å². The number of rotatable bonds is 35. The molecule has 0 aromatic rings. The molecule has 1 aliphatic rings. The fraction of sp³-hybridized carbons (Fsp3) is 0.905. The number of hydrogen-bond acceptors (Lipinski definition) is 10. The quantitative estimate of drug-likeness (QED) is 0.0283. The first kappa shape index (κ1) is 48.5. The van der Waals surface area contributed by atoms with E-state index in [0.717, 1.165) is 44.9 Å². The van der Waals surface area contributed by atoms with E-state index in [2.05, 4.69) is 26.0 Å². The second-order valence-electron chi connectivity index (χ2n) is 14.8. The number of ether oxygens (including phenoxy) is 4. The Morgan fingerprint density at radius 1 is 0.577 bits per heavy atom. The van der Waals surface area contributed by atoms with Crippen molar-refractivity contribution in [2.24, 2.45) is 0 Å². The molecule has 52 heavy (non-hydrogen) atoms. The van der Waals surface area contributed by atoms with Crippen molar-refractivity contribution < 1.29 is 49.0 Å². The first-order valence-corrected chi connectivity index (χ1v) is 21.3. The summed E-state index contributed by atoms with van der Waals surface area (Å²) >= 11 is 0. The Kier molecular flexibility index (Phi) is 31.7. The number of hydrogen-bond donors (Lipinski definition) is 4. The number of carbonyl (C=O) groups excluding carboxylic acids is 2. The van der Waals surface area contributed by atoms with Crippen molar-refractivity contribution in [3.63, 3.8) is 0 Å². The maximum atomic E-state index is 12.7. The third kappa shape index (κ3) is 25.5. The minimum absolute atomic E-state index is 0.213. The van der Waals surface area contributed by atoms with Gasteiger partial charge in [0.25, 0.3) is 0 Å². The molecule has 10 heteroatoms. The molecule has 1 rings (SSSR count). The summed E-state index contributed by atoms with van der Waals surface area (Å²) in [5.41, 5.74) is 0. The first-order valence-electron chi connectivity index (χ1n) is 21.3. The molecule has 0 spiro atoms. The van der Waals surface area contributed by atoms with Crippen molar-refractivity contribution in [3.05, 3.63) is 12.2 Å². The molecule has 6 atom stereocenters. The van der Waals surface area contributed by atoms with Crippen LogP contribution < -0.4 is 0 Å². The first-order chi connectivity index (χ1) is 25.3. The molecule has 0 aromatic carbocycles. The van der Waals surface area contributed by atoms with Gasteiger partial charge in [0, 0.05) is 12.8 Å². The second-order valence-corrected chi connectivity index (χ2v) is 14.8. The Bertz CT molecular complexity index is 866. The van der Waals surface area contributed by atoms with Gasteiger partial charge in [0.15, 0.2) is 12.4 Å². The molecule has 1 aliphatic heterocycles. The van der Waals surface area contributed by atoms with Gasteiger partial charge >= 0.3 is 11.9 Å². The van der Waals surface area contributed by atoms with E-state index in [1.165, 1.54) is 109 Å². The van der Waals surface area contributed by atoms with Gasteiger partial charge in [0.05, 0.1) is 13.2 Å². The van der Waals surface area contributed by atoms with Crippen LogP contribution in [0.5, 0.6) is 0 Å². The minimum atomic E-state index is -1.59. The van der Waals surface area contributed by atoms with Crippen LogP contribution in [0.25, 0.3) is 0 Å². The molecule has 0 radical (unpaired) electrons. The van der Waals surface area contributed by atoms with Crippen LogP contribution in [-0.4, -0.2) is 89.0 Å². The van der Waals surface area contributed by atoms with Gasteiger partial charge in [-0.2, -0.15) is 0 Å². The third-order valence-electron chi connectivity index (χ3n) is 9.90. The summed E-state index contributed by atoms with van der Waals surface area (Å²) in [6.45, 7) is 3.40. The van der Waals surface area contributed by atoms with Gasteiger partial charge in [-0.25, -0.2) is 0 Å². The molecule has 1 fully saturated rings. The predicted octanol–water partition coefficient (Wildman–Crippen LogP) is 8.39. The number of aliphatic hydroxyl groups is 4. The number of aliphatic hydroxyl groups excluding tert-OH is 4. The SMILES string of the molecule is CCCCCCCC/C=C/CCCCCC(=O)O[C@@H](COC(=O)CCCCCCCCCCCCCCCC)CO[C@H]1O[C@@H](CO)[C@@H](O)C(O)C1O. The molecule has 1 heterocycles. The molecule has 0 amide bonds. The molecule has 0 aromatic heterocycles. The molecule has 306 valence electrons. The number of esters is 2. The molecule has 1 saturated heterocycles. The Balaban J connectivity index is 2.36. The highest BCUT2D eigenvalue weighted by molar-refractivity contribution is 5.70. The maximum Gasteiger partial charge on any atom is 0.306 e. The number of carbonyl (C=O) groups is 2. The zero-order valence-corrected chi connectivity index (χ0v) is 33.1. The van der Waals surface area contributed by atoms with Crippen molar-refractivity contribution in [2.45, 2.75) is 224 Å². The normalized spacial score (nSPS) is 21.1. The standard InChI is InChI=1S/C42H78O10/c1-3-5-7-9-11-13-15-17-19-20-22-24-26-28-30-37(44)49-33-35(34-50-42-41(48)40(47)39(46)36(32-43)52-42)51-38(45)31-29-27-25-23-21-18-16-14-12-10-8-6-4-2/h18,21,35-36,39-43,46-48H,3-17,19-20,22-34H2,1-2H3/b21-18+/t35-,36-,39+,40?,41?,42-/m0/s1. The van der Waals surface area contributed by atoms with Crippen LogP contribution in [0.3, 0.4) is 0 Å². The topological polar surface area (TPSA) is 152 Å². The zero-order chi connectivity index (χ0) is 38.1. The molecule has 0 aliphatic carbocycles. The van der Waals surface area contributed by atoms with Gasteiger partial charge in [-0.3, -0.25) is 9.59 Å². The minimum Gasteiger partial charge on any atom is -0.462 e. The predicted molar refractivity (Wildman–Crippen MR) is 206 cm³/mol. The van der Waals surface area contributed by atoms with Crippen LogP contribution in [0, 0.1) is 0 Å². The smallest absolute Gasteiger partial charge is 0.306 e. The monoisotopic (exact) mass is 743 g/mol. The van der Waals surface area contributed by atoms with Gasteiger partial charge in [0.1, 0.15) is 31.0 Å². The highest BCUT2D eigenvalue weighted by Crippen LogP contribution is 2.22. The van der Waals surface area contributed by atoms with E-state index in [4.69, 9.17) is 18.9 Å². The fourth-order valence-corrected chi connectivity index (χ4v) is 6.48. The summed E-state index contributed by atoms with van der Waals surface area (Å²) in [7, 11) is 0. The van der Waals surface area contributed by atoms with E-state index in [9.17, 15) is 30.0 Å². The van der Waals surface area contributed by atoms with E-state index in [0.29, 0.717) is 6.42 Å². The van der Waals surface area contributed by atoms with Crippen LogP contribution in [0.4, 0.5) is 0 Å². The van der Waals surface area contributed by atoms with Crippen LogP contribution in [-0.2, 0) is 28.5 Å². The summed E-state index contributed by atoms with van der Waals surface area (Å²) in [6, 6.07) is 0. The lowest BCUT2D eigenvalue weighted by atomic mass is 9.99. The number of unbranched alkanes of at least 4 members (excludes halogenated alkanes) is 22. The number of allylic oxidation sites excluding steroid dienone is 2. The Morgan fingerprint density at radius 2 is 1.02 bits per heavy atom. The second kappa shape index (κ2) is 34.0. The molecule has 0 bridgehead atoms. The van der Waals surface area contributed by atoms with Crippen molar-refractivity contribution in [3.8, 4) is 0 Å². The molecular weight excluding hydrogens is 664 g/mol. The molecule has 10 nitrogen and oxygen atoms in total. The summed E-state index contributed by atoms with van der Waals surface area (Å²) in [4.78, 5) is 25.2. The summed E-state index contributed by atoms with van der Waals surface area (Å²) < 4.78 is 22.1. The molecule has 2 unspecified atom stereocenters. The Labute approximate surface area is 316 Å². The highest BCUT2D eigenvalue weighted by Gasteiger charge is 2.44. The Morgan fingerprint density at radius 3 is 1.52 bits per heavy atom. The summed E-state index contributed by atoms with van der Waals surface area (Å²) in [6.07, 6.45) is 26.5. The average Bonchev–Trinajstić information content (AvgIpc) is 3.14. The lowest BCUT2D eigenvalue weighted by Crippen LogP contribution is -2.59. The van der Waals surface area contributed by atoms with E-state index in [1.807, 2.05) is 0 Å². The van der Waals surface area contributed by atoms with Crippen LogP contribution in [0.1, 0.15) is 187 Å². The highest BCUT2D eigenvalue weighted by atomic mass is 16.7. The zero-order valence-electron chi connectivity index (χ0n) is 33.1. The van der Waals surface area contributed by atoms with E-state index in [-0.39, 0.29) is 32.0 Å². The molecular formula is C42H78O10. The maximum absolute atomic E-state index is 12.7. The van der Waals surface area contributed by atoms with Crippen LogP contribution in [0.2, 0.25) is 0 Å².